The van der Waals surface area contributed by atoms with Gasteiger partial charge in [-0.1, -0.05) is 72.8 Å². The molecule has 0 unspecified atom stereocenters. The fourth-order valence-corrected chi connectivity index (χ4v) is 3.11. The van der Waals surface area contributed by atoms with Gasteiger partial charge in [0.25, 0.3) is 0 Å². The molecule has 3 aromatic carbocycles. The Balaban J connectivity index is 1.68. The predicted octanol–water partition coefficient (Wildman–Crippen LogP) is 4.32. The molecule has 2 N–H and O–H groups in total. The fraction of sp³-hybridized carbons (Fsp3) is 0.0833. The molecule has 4 aromatic rings. The van der Waals surface area contributed by atoms with E-state index in [1.54, 1.807) is 0 Å². The molecule has 0 aliphatic carbocycles. The van der Waals surface area contributed by atoms with Crippen LogP contribution in [0.2, 0.25) is 0 Å². The zero-order chi connectivity index (χ0) is 20.8. The van der Waals surface area contributed by atoms with Crippen LogP contribution < -0.4 is 5.43 Å². The summed E-state index contributed by atoms with van der Waals surface area (Å²) in [5, 5.41) is 13.7. The maximum atomic E-state index is 11.7. The molecule has 0 aliphatic heterocycles. The van der Waals surface area contributed by atoms with Gasteiger partial charge in [-0.25, -0.2) is 14.8 Å². The van der Waals surface area contributed by atoms with Crippen LogP contribution >= 0.6 is 0 Å². The van der Waals surface area contributed by atoms with E-state index in [2.05, 4.69) is 15.5 Å². The minimum atomic E-state index is -1.08. The van der Waals surface area contributed by atoms with Crippen LogP contribution in [0.3, 0.4) is 0 Å². The Morgan fingerprint density at radius 3 is 2.00 bits per heavy atom. The van der Waals surface area contributed by atoms with Gasteiger partial charge in [-0.2, -0.15) is 5.10 Å². The van der Waals surface area contributed by atoms with Gasteiger partial charge in [-0.05, 0) is 23.3 Å². The highest BCUT2D eigenvalue weighted by atomic mass is 16.4. The SMILES string of the molecule is O=C(O)C(Cc1ccccc1)=NNc1nc2ccccc2nc1Cc1ccccc1. The monoisotopic (exact) mass is 396 g/mol. The molecule has 6 heteroatoms. The first kappa shape index (κ1) is 19.3. The van der Waals surface area contributed by atoms with E-state index in [9.17, 15) is 9.90 Å². The van der Waals surface area contributed by atoms with E-state index in [0.29, 0.717) is 23.4 Å². The van der Waals surface area contributed by atoms with Crippen LogP contribution in [0.1, 0.15) is 16.8 Å². The molecule has 0 fully saturated rings. The third-order valence-electron chi connectivity index (χ3n) is 4.62. The first-order valence-corrected chi connectivity index (χ1v) is 9.58. The average molecular weight is 396 g/mol. The van der Waals surface area contributed by atoms with Gasteiger partial charge in [-0.15, -0.1) is 0 Å². The number of anilines is 1. The van der Waals surface area contributed by atoms with Crippen LogP contribution in [0, 0.1) is 0 Å². The number of carbonyl (C=O) groups is 1. The third kappa shape index (κ3) is 4.67. The summed E-state index contributed by atoms with van der Waals surface area (Å²) in [5.41, 5.74) is 7.01. The fourth-order valence-electron chi connectivity index (χ4n) is 3.11. The second-order valence-corrected chi connectivity index (χ2v) is 6.81. The summed E-state index contributed by atoms with van der Waals surface area (Å²) >= 11 is 0. The van der Waals surface area contributed by atoms with Crippen molar-refractivity contribution in [3.63, 3.8) is 0 Å². The third-order valence-corrected chi connectivity index (χ3v) is 4.62. The van der Waals surface area contributed by atoms with Crippen molar-refractivity contribution in [3.8, 4) is 0 Å². The molecule has 0 bridgehead atoms. The standard InChI is InChI=1S/C24H20N4O2/c29-24(30)22(16-18-11-5-2-6-12-18)27-28-23-21(15-17-9-3-1-4-10-17)25-19-13-7-8-14-20(19)26-23/h1-14H,15-16H2,(H,26,28)(H,29,30). The van der Waals surface area contributed by atoms with E-state index >= 15 is 0 Å². The molecule has 0 saturated carbocycles. The molecular weight excluding hydrogens is 376 g/mol. The van der Waals surface area contributed by atoms with E-state index in [1.165, 1.54) is 0 Å². The highest BCUT2D eigenvalue weighted by Gasteiger charge is 2.13. The van der Waals surface area contributed by atoms with Crippen molar-refractivity contribution >= 4 is 28.5 Å². The van der Waals surface area contributed by atoms with E-state index in [0.717, 1.165) is 16.6 Å². The molecule has 148 valence electrons. The van der Waals surface area contributed by atoms with Crippen LogP contribution in [-0.4, -0.2) is 26.8 Å². The van der Waals surface area contributed by atoms with Crippen molar-refractivity contribution in [2.45, 2.75) is 12.8 Å². The molecule has 0 atom stereocenters. The number of benzene rings is 3. The van der Waals surface area contributed by atoms with Gasteiger partial charge >= 0.3 is 5.97 Å². The Kier molecular flexibility index (Phi) is 5.75. The zero-order valence-electron chi connectivity index (χ0n) is 16.2. The Morgan fingerprint density at radius 2 is 1.37 bits per heavy atom. The van der Waals surface area contributed by atoms with Gasteiger partial charge in [0.05, 0.1) is 16.7 Å². The van der Waals surface area contributed by atoms with E-state index in [-0.39, 0.29) is 12.1 Å². The van der Waals surface area contributed by atoms with Gasteiger partial charge < -0.3 is 5.11 Å². The molecule has 1 heterocycles. The first-order valence-electron chi connectivity index (χ1n) is 9.58. The molecule has 4 rings (SSSR count). The summed E-state index contributed by atoms with van der Waals surface area (Å²) in [6.07, 6.45) is 0.760. The van der Waals surface area contributed by atoms with Crippen molar-refractivity contribution in [2.75, 3.05) is 5.43 Å². The summed E-state index contributed by atoms with van der Waals surface area (Å²) in [5.74, 6) is -0.630. The normalized spacial score (nSPS) is 11.4. The van der Waals surface area contributed by atoms with Gasteiger partial charge in [0, 0.05) is 12.8 Å². The summed E-state index contributed by atoms with van der Waals surface area (Å²) < 4.78 is 0. The van der Waals surface area contributed by atoms with E-state index in [1.807, 2.05) is 84.9 Å². The number of rotatable bonds is 7. The van der Waals surface area contributed by atoms with Crippen molar-refractivity contribution in [1.29, 1.82) is 0 Å². The van der Waals surface area contributed by atoms with Crippen LogP contribution in [0.5, 0.6) is 0 Å². The average Bonchev–Trinajstić information content (AvgIpc) is 2.78. The number of fused-ring (bicyclic) bond motifs is 1. The van der Waals surface area contributed by atoms with Gasteiger partial charge in [0.1, 0.15) is 5.71 Å². The molecule has 0 amide bonds. The van der Waals surface area contributed by atoms with Crippen molar-refractivity contribution in [2.24, 2.45) is 5.10 Å². The van der Waals surface area contributed by atoms with Crippen molar-refractivity contribution in [1.82, 2.24) is 9.97 Å². The lowest BCUT2D eigenvalue weighted by Gasteiger charge is -2.10. The summed E-state index contributed by atoms with van der Waals surface area (Å²) in [6.45, 7) is 0. The quantitative estimate of drug-likeness (QED) is 0.359. The lowest BCUT2D eigenvalue weighted by molar-refractivity contribution is -0.129. The smallest absolute Gasteiger partial charge is 0.352 e. The van der Waals surface area contributed by atoms with Crippen molar-refractivity contribution in [3.05, 3.63) is 102 Å². The largest absolute Gasteiger partial charge is 0.477 e. The minimum absolute atomic E-state index is 0.00168. The second-order valence-electron chi connectivity index (χ2n) is 6.81. The number of aliphatic carboxylic acids is 1. The molecule has 1 aromatic heterocycles. The number of hydrogen-bond acceptors (Lipinski definition) is 5. The maximum absolute atomic E-state index is 11.7. The summed E-state index contributed by atoms with van der Waals surface area (Å²) in [7, 11) is 0. The Labute approximate surface area is 173 Å². The van der Waals surface area contributed by atoms with Gasteiger partial charge in [-0.3, -0.25) is 5.43 Å². The molecular formula is C24H20N4O2. The maximum Gasteiger partial charge on any atom is 0.352 e. The first-order chi connectivity index (χ1) is 14.7. The number of carboxylic acids is 1. The van der Waals surface area contributed by atoms with E-state index in [4.69, 9.17) is 4.98 Å². The molecule has 6 nitrogen and oxygen atoms in total. The van der Waals surface area contributed by atoms with Crippen LogP contribution in [0.15, 0.2) is 90.0 Å². The van der Waals surface area contributed by atoms with Crippen LogP contribution in [0.4, 0.5) is 5.82 Å². The number of para-hydroxylation sites is 2. The highest BCUT2D eigenvalue weighted by molar-refractivity contribution is 6.36. The topological polar surface area (TPSA) is 87.5 Å². The van der Waals surface area contributed by atoms with Gasteiger partial charge in [0.15, 0.2) is 5.82 Å². The molecule has 0 aliphatic rings. The van der Waals surface area contributed by atoms with E-state index < -0.39 is 5.97 Å². The van der Waals surface area contributed by atoms with Crippen molar-refractivity contribution < 1.29 is 9.90 Å². The lowest BCUT2D eigenvalue weighted by atomic mass is 10.1. The Hall–Kier alpha value is -4.06. The number of nitrogens with one attached hydrogen (secondary N) is 1. The van der Waals surface area contributed by atoms with Crippen LogP contribution in [0.25, 0.3) is 11.0 Å². The predicted molar refractivity (Wildman–Crippen MR) is 118 cm³/mol. The Morgan fingerprint density at radius 1 is 0.800 bits per heavy atom. The number of hydrazone groups is 1. The molecule has 0 spiro atoms. The minimum Gasteiger partial charge on any atom is -0.477 e. The number of aromatic nitrogens is 2. The molecule has 0 saturated heterocycles. The highest BCUT2D eigenvalue weighted by Crippen LogP contribution is 2.20. The molecule has 0 radical (unpaired) electrons. The summed E-state index contributed by atoms with van der Waals surface area (Å²) in [4.78, 5) is 21.1. The van der Waals surface area contributed by atoms with Crippen LogP contribution in [-0.2, 0) is 17.6 Å². The van der Waals surface area contributed by atoms with Gasteiger partial charge in [0.2, 0.25) is 0 Å². The number of hydrogen-bond donors (Lipinski definition) is 2. The summed E-state index contributed by atoms with van der Waals surface area (Å²) in [6, 6.07) is 26.9. The number of nitrogens with zero attached hydrogens (tertiary/aromatic N) is 3. The molecule has 30 heavy (non-hydrogen) atoms. The Bertz CT molecular complexity index is 1190. The zero-order valence-corrected chi connectivity index (χ0v) is 16.2. The lowest BCUT2D eigenvalue weighted by Crippen LogP contribution is -2.18. The number of carboxylic acid groups (broad SMARTS) is 1. The second kappa shape index (κ2) is 8.96.